The molecular formula is C30H36N2O. The minimum atomic E-state index is 0.615. The van der Waals surface area contributed by atoms with E-state index < -0.39 is 0 Å². The molecule has 0 unspecified atom stereocenters. The zero-order chi connectivity index (χ0) is 22.6. The highest BCUT2D eigenvalue weighted by molar-refractivity contribution is 5.84. The average Bonchev–Trinajstić information content (AvgIpc) is 3.07. The lowest BCUT2D eigenvalue weighted by atomic mass is 9.84. The highest BCUT2D eigenvalue weighted by atomic mass is 16.5. The fourth-order valence-electron chi connectivity index (χ4n) is 5.73. The first kappa shape index (κ1) is 22.0. The Morgan fingerprint density at radius 2 is 1.97 bits per heavy atom. The molecule has 1 fully saturated rings. The van der Waals surface area contributed by atoms with Gasteiger partial charge >= 0.3 is 0 Å². The summed E-state index contributed by atoms with van der Waals surface area (Å²) in [6, 6.07) is 15.7. The summed E-state index contributed by atoms with van der Waals surface area (Å²) in [6.45, 7) is 8.86. The third-order valence-corrected chi connectivity index (χ3v) is 7.50. The Hall–Kier alpha value is -2.78. The van der Waals surface area contributed by atoms with Gasteiger partial charge in [-0.3, -0.25) is 0 Å². The molecule has 0 bridgehead atoms. The largest absolute Gasteiger partial charge is 0.380 e. The number of benzene rings is 2. The van der Waals surface area contributed by atoms with Crippen molar-refractivity contribution in [3.8, 4) is 0 Å². The van der Waals surface area contributed by atoms with Crippen LogP contribution in [0.2, 0.25) is 0 Å². The van der Waals surface area contributed by atoms with Gasteiger partial charge in [-0.1, -0.05) is 60.7 Å². The molecule has 33 heavy (non-hydrogen) atoms. The number of anilines is 1. The van der Waals surface area contributed by atoms with Crippen molar-refractivity contribution in [2.24, 2.45) is 0 Å². The summed E-state index contributed by atoms with van der Waals surface area (Å²) < 4.78 is 5.70. The number of ether oxygens (including phenoxy) is 1. The number of allylic oxidation sites excluding steroid dienone is 2. The number of aryl methyl sites for hydroxylation is 1. The fraction of sp³-hybridized carbons (Fsp3) is 0.400. The number of hydrogen-bond acceptors (Lipinski definition) is 3. The van der Waals surface area contributed by atoms with Crippen LogP contribution in [0.25, 0.3) is 11.8 Å². The topological polar surface area (TPSA) is 24.5 Å². The van der Waals surface area contributed by atoms with Crippen LogP contribution in [0.15, 0.2) is 65.8 Å². The zero-order valence-electron chi connectivity index (χ0n) is 20.1. The molecule has 3 nitrogen and oxygen atoms in total. The molecule has 3 heteroatoms. The fourth-order valence-corrected chi connectivity index (χ4v) is 5.73. The summed E-state index contributed by atoms with van der Waals surface area (Å²) >= 11 is 0. The zero-order valence-corrected chi connectivity index (χ0v) is 20.1. The van der Waals surface area contributed by atoms with Crippen LogP contribution in [0.3, 0.4) is 0 Å². The van der Waals surface area contributed by atoms with E-state index in [0.717, 1.165) is 39.3 Å². The predicted molar refractivity (Wildman–Crippen MR) is 139 cm³/mol. The molecule has 2 aromatic carbocycles. The second-order valence-corrected chi connectivity index (χ2v) is 9.44. The third-order valence-electron chi connectivity index (χ3n) is 7.50. The predicted octanol–water partition coefficient (Wildman–Crippen LogP) is 6.78. The first-order valence-electron chi connectivity index (χ1n) is 12.6. The molecule has 3 aliphatic rings. The first-order valence-corrected chi connectivity index (χ1v) is 12.6. The molecular weight excluding hydrogens is 404 g/mol. The van der Waals surface area contributed by atoms with Crippen LogP contribution >= 0.6 is 0 Å². The quantitative estimate of drug-likeness (QED) is 0.554. The van der Waals surface area contributed by atoms with Gasteiger partial charge < -0.3 is 15.0 Å². The molecule has 172 valence electrons. The lowest BCUT2D eigenvalue weighted by molar-refractivity contribution is 0.0637. The molecule has 0 amide bonds. The van der Waals surface area contributed by atoms with Crippen LogP contribution in [0.4, 0.5) is 5.69 Å². The Labute approximate surface area is 198 Å². The molecule has 0 aromatic heterocycles. The van der Waals surface area contributed by atoms with Gasteiger partial charge in [0.2, 0.25) is 0 Å². The van der Waals surface area contributed by atoms with E-state index in [9.17, 15) is 0 Å². The van der Waals surface area contributed by atoms with Crippen LogP contribution in [0.1, 0.15) is 60.8 Å². The van der Waals surface area contributed by atoms with Gasteiger partial charge in [-0.25, -0.2) is 0 Å². The summed E-state index contributed by atoms with van der Waals surface area (Å²) in [6.07, 6.45) is 11.7. The number of hydrogen-bond donors (Lipinski definition) is 1. The van der Waals surface area contributed by atoms with E-state index in [2.05, 4.69) is 84.8 Å². The third kappa shape index (κ3) is 4.52. The van der Waals surface area contributed by atoms with Crippen molar-refractivity contribution in [3.05, 3.63) is 88.0 Å². The van der Waals surface area contributed by atoms with Gasteiger partial charge in [-0.05, 0) is 73.3 Å². The molecule has 1 aliphatic carbocycles. The van der Waals surface area contributed by atoms with Gasteiger partial charge in [-0.15, -0.1) is 0 Å². The minimum absolute atomic E-state index is 0.615. The van der Waals surface area contributed by atoms with E-state index in [-0.39, 0.29) is 0 Å². The Kier molecular flexibility index (Phi) is 6.68. The Morgan fingerprint density at radius 3 is 2.82 bits per heavy atom. The van der Waals surface area contributed by atoms with E-state index in [1.807, 2.05) is 0 Å². The summed E-state index contributed by atoms with van der Waals surface area (Å²) in [5.41, 5.74) is 11.3. The Bertz CT molecular complexity index is 1090. The maximum Gasteiger partial charge on any atom is 0.0642 e. The van der Waals surface area contributed by atoms with Gasteiger partial charge in [0, 0.05) is 30.9 Å². The van der Waals surface area contributed by atoms with E-state index >= 15 is 0 Å². The highest BCUT2D eigenvalue weighted by Crippen LogP contribution is 2.40. The first-order chi connectivity index (χ1) is 16.3. The molecule has 2 aliphatic heterocycles. The second-order valence-electron chi connectivity index (χ2n) is 9.44. The van der Waals surface area contributed by atoms with E-state index in [1.165, 1.54) is 64.0 Å². The minimum Gasteiger partial charge on any atom is -0.380 e. The van der Waals surface area contributed by atoms with E-state index in [4.69, 9.17) is 4.74 Å². The number of nitrogens with one attached hydrogen (secondary N) is 1. The number of morpholine rings is 1. The molecule has 0 radical (unpaired) electrons. The van der Waals surface area contributed by atoms with Crippen LogP contribution in [0.5, 0.6) is 0 Å². The van der Waals surface area contributed by atoms with Crippen LogP contribution < -0.4 is 5.32 Å². The van der Waals surface area contributed by atoms with E-state index in [1.54, 1.807) is 0 Å². The number of para-hydroxylation sites is 1. The Balaban J connectivity index is 1.46. The summed E-state index contributed by atoms with van der Waals surface area (Å²) in [7, 11) is 0. The molecule has 2 heterocycles. The van der Waals surface area contributed by atoms with Crippen molar-refractivity contribution in [2.75, 3.05) is 38.2 Å². The SMILES string of the molecule is C/C=C(/CC[C@H]1CCC=Cc2ccccc21)C1=C(N2CCOCC2)c2cccc(C)c2NC1. The molecule has 0 saturated carbocycles. The standard InChI is InChI=1S/C30H36N2O/c1-3-23(15-16-25-12-5-4-10-24-11-6-7-13-26(24)25)28-21-31-29-22(2)9-8-14-27(29)30(28)32-17-19-33-20-18-32/h3-4,6-11,13-14,25,31H,5,12,15-21H2,1-2H3/b23-3-/t25-/m1/s1. The monoisotopic (exact) mass is 440 g/mol. The highest BCUT2D eigenvalue weighted by Gasteiger charge is 2.27. The summed E-state index contributed by atoms with van der Waals surface area (Å²) in [4.78, 5) is 2.56. The van der Waals surface area contributed by atoms with Crippen molar-refractivity contribution < 1.29 is 4.74 Å². The maximum atomic E-state index is 5.70. The van der Waals surface area contributed by atoms with Crippen LogP contribution in [0, 0.1) is 6.92 Å². The van der Waals surface area contributed by atoms with Crippen molar-refractivity contribution in [3.63, 3.8) is 0 Å². The molecule has 1 saturated heterocycles. The second kappa shape index (κ2) is 10.0. The van der Waals surface area contributed by atoms with Gasteiger partial charge in [0.05, 0.1) is 18.9 Å². The number of rotatable bonds is 5. The van der Waals surface area contributed by atoms with Crippen molar-refractivity contribution >= 4 is 17.5 Å². The average molecular weight is 441 g/mol. The smallest absolute Gasteiger partial charge is 0.0642 e. The molecule has 1 N–H and O–H groups in total. The number of fused-ring (bicyclic) bond motifs is 2. The van der Waals surface area contributed by atoms with Crippen molar-refractivity contribution in [1.82, 2.24) is 4.90 Å². The van der Waals surface area contributed by atoms with Gasteiger partial charge in [0.25, 0.3) is 0 Å². The van der Waals surface area contributed by atoms with Crippen molar-refractivity contribution in [2.45, 2.75) is 45.4 Å². The van der Waals surface area contributed by atoms with Crippen LogP contribution in [-0.4, -0.2) is 37.7 Å². The summed E-state index contributed by atoms with van der Waals surface area (Å²) in [5.74, 6) is 0.615. The van der Waals surface area contributed by atoms with Gasteiger partial charge in [0.15, 0.2) is 0 Å². The van der Waals surface area contributed by atoms with E-state index in [0.29, 0.717) is 5.92 Å². The normalized spacial score (nSPS) is 20.7. The van der Waals surface area contributed by atoms with Gasteiger partial charge in [-0.2, -0.15) is 0 Å². The lowest BCUT2D eigenvalue weighted by Gasteiger charge is -2.37. The molecule has 0 spiro atoms. The summed E-state index contributed by atoms with van der Waals surface area (Å²) in [5, 5.41) is 3.76. The maximum absolute atomic E-state index is 5.70. The lowest BCUT2D eigenvalue weighted by Crippen LogP contribution is -2.37. The van der Waals surface area contributed by atoms with Gasteiger partial charge in [0.1, 0.15) is 0 Å². The molecule has 2 aromatic rings. The van der Waals surface area contributed by atoms with Crippen LogP contribution in [-0.2, 0) is 4.74 Å². The molecule has 5 rings (SSSR count). The number of nitrogens with zero attached hydrogens (tertiary/aromatic N) is 1. The van der Waals surface area contributed by atoms with Crippen molar-refractivity contribution in [1.29, 1.82) is 0 Å². The Morgan fingerprint density at radius 1 is 1.12 bits per heavy atom. The molecule has 1 atom stereocenters.